The van der Waals surface area contributed by atoms with Crippen molar-refractivity contribution in [3.05, 3.63) is 71.0 Å². The Kier molecular flexibility index (Phi) is 4.32. The predicted molar refractivity (Wildman–Crippen MR) is 91.0 cm³/mol. The summed E-state index contributed by atoms with van der Waals surface area (Å²) >= 11 is 0. The first-order valence-electron chi connectivity index (χ1n) is 8.28. The second-order valence-corrected chi connectivity index (χ2v) is 6.24. The van der Waals surface area contributed by atoms with E-state index in [4.69, 9.17) is 9.47 Å². The summed E-state index contributed by atoms with van der Waals surface area (Å²) in [5.74, 6) is 0.566. The monoisotopic (exact) mass is 325 g/mol. The average Bonchev–Trinajstić information content (AvgIpc) is 2.63. The van der Waals surface area contributed by atoms with Crippen LogP contribution in [0.25, 0.3) is 5.57 Å². The summed E-state index contributed by atoms with van der Waals surface area (Å²) in [6, 6.07) is 13.6. The summed E-state index contributed by atoms with van der Waals surface area (Å²) in [4.78, 5) is 2.32. The molecule has 0 bridgehead atoms. The Morgan fingerprint density at radius 2 is 2.00 bits per heavy atom. The summed E-state index contributed by atoms with van der Waals surface area (Å²) < 4.78 is 24.7. The topological polar surface area (TPSA) is 21.7 Å². The normalized spacial score (nSPS) is 17.8. The van der Waals surface area contributed by atoms with E-state index in [9.17, 15) is 4.39 Å². The molecule has 4 rings (SSSR count). The number of fused-ring (bicyclic) bond motifs is 1. The van der Waals surface area contributed by atoms with E-state index < -0.39 is 0 Å². The largest absolute Gasteiger partial charge is 0.467 e. The van der Waals surface area contributed by atoms with Crippen LogP contribution in [0.2, 0.25) is 0 Å². The number of hydrogen-bond donors (Lipinski definition) is 0. The van der Waals surface area contributed by atoms with Gasteiger partial charge in [-0.2, -0.15) is 0 Å². The van der Waals surface area contributed by atoms with Crippen molar-refractivity contribution in [2.75, 3.05) is 19.9 Å². The molecule has 2 aliphatic heterocycles. The third kappa shape index (κ3) is 3.21. The van der Waals surface area contributed by atoms with E-state index in [0.29, 0.717) is 13.2 Å². The molecule has 0 saturated carbocycles. The number of ether oxygens (including phenoxy) is 2. The molecule has 0 aliphatic carbocycles. The maximum Gasteiger partial charge on any atom is 0.189 e. The summed E-state index contributed by atoms with van der Waals surface area (Å²) in [5, 5.41) is 0. The lowest BCUT2D eigenvalue weighted by molar-refractivity contribution is -0.0176. The molecule has 0 amide bonds. The fourth-order valence-electron chi connectivity index (χ4n) is 3.38. The van der Waals surface area contributed by atoms with Crippen molar-refractivity contribution in [1.29, 1.82) is 0 Å². The zero-order chi connectivity index (χ0) is 16.4. The second-order valence-electron chi connectivity index (χ2n) is 6.24. The molecule has 24 heavy (non-hydrogen) atoms. The van der Waals surface area contributed by atoms with E-state index in [1.807, 2.05) is 6.07 Å². The highest BCUT2D eigenvalue weighted by Crippen LogP contribution is 2.31. The molecule has 0 atom stereocenters. The fourth-order valence-corrected chi connectivity index (χ4v) is 3.38. The van der Waals surface area contributed by atoms with Crippen LogP contribution in [0.5, 0.6) is 5.75 Å². The summed E-state index contributed by atoms with van der Waals surface area (Å²) in [7, 11) is 0. The molecular formula is C20H20FNO2. The van der Waals surface area contributed by atoms with Crippen molar-refractivity contribution in [3.63, 3.8) is 0 Å². The molecule has 2 aromatic rings. The van der Waals surface area contributed by atoms with Gasteiger partial charge in [0, 0.05) is 30.8 Å². The molecular weight excluding hydrogens is 305 g/mol. The number of hydrogen-bond acceptors (Lipinski definition) is 3. The third-order valence-electron chi connectivity index (χ3n) is 4.58. The van der Waals surface area contributed by atoms with Gasteiger partial charge in [-0.05, 0) is 29.7 Å². The molecule has 2 aliphatic rings. The minimum atomic E-state index is -0.227. The van der Waals surface area contributed by atoms with Gasteiger partial charge in [-0.15, -0.1) is 0 Å². The third-order valence-corrected chi connectivity index (χ3v) is 4.58. The Morgan fingerprint density at radius 3 is 2.79 bits per heavy atom. The van der Waals surface area contributed by atoms with Crippen LogP contribution >= 0.6 is 0 Å². The summed E-state index contributed by atoms with van der Waals surface area (Å²) in [6.45, 7) is 3.18. The molecule has 124 valence electrons. The van der Waals surface area contributed by atoms with Crippen LogP contribution in [0.1, 0.15) is 23.1 Å². The van der Waals surface area contributed by atoms with Crippen molar-refractivity contribution in [2.24, 2.45) is 0 Å². The van der Waals surface area contributed by atoms with E-state index in [1.54, 1.807) is 6.07 Å². The lowest BCUT2D eigenvalue weighted by Crippen LogP contribution is -2.28. The van der Waals surface area contributed by atoms with Gasteiger partial charge in [-0.3, -0.25) is 4.90 Å². The molecule has 0 spiro atoms. The number of benzene rings is 2. The number of halogens is 1. The van der Waals surface area contributed by atoms with Gasteiger partial charge >= 0.3 is 0 Å². The first-order chi connectivity index (χ1) is 11.8. The van der Waals surface area contributed by atoms with Crippen LogP contribution < -0.4 is 4.74 Å². The second kappa shape index (κ2) is 6.75. The van der Waals surface area contributed by atoms with Gasteiger partial charge in [0.1, 0.15) is 11.6 Å². The first kappa shape index (κ1) is 15.4. The first-order valence-corrected chi connectivity index (χ1v) is 8.28. The van der Waals surface area contributed by atoms with Crippen molar-refractivity contribution in [1.82, 2.24) is 4.90 Å². The SMILES string of the molecule is Fc1cc2c(c(CN3CC=C(c4ccccc4)CC3)c1)OCOC2. The molecule has 0 aromatic heterocycles. The van der Waals surface area contributed by atoms with Gasteiger partial charge in [-0.25, -0.2) is 4.39 Å². The molecule has 2 heterocycles. The number of nitrogens with zero attached hydrogens (tertiary/aromatic N) is 1. The summed E-state index contributed by atoms with van der Waals surface area (Å²) in [5.41, 5.74) is 4.39. The highest BCUT2D eigenvalue weighted by Gasteiger charge is 2.20. The van der Waals surface area contributed by atoms with Gasteiger partial charge < -0.3 is 9.47 Å². The zero-order valence-corrected chi connectivity index (χ0v) is 13.5. The van der Waals surface area contributed by atoms with Crippen LogP contribution in [0.4, 0.5) is 4.39 Å². The Balaban J connectivity index is 1.50. The van der Waals surface area contributed by atoms with Crippen LogP contribution in [0, 0.1) is 5.82 Å². The van der Waals surface area contributed by atoms with Crippen LogP contribution in [-0.2, 0) is 17.9 Å². The average molecular weight is 325 g/mol. The maximum absolute atomic E-state index is 13.9. The van der Waals surface area contributed by atoms with Crippen molar-refractivity contribution < 1.29 is 13.9 Å². The Labute approximate surface area is 141 Å². The van der Waals surface area contributed by atoms with Gasteiger partial charge in [0.25, 0.3) is 0 Å². The van der Waals surface area contributed by atoms with E-state index in [1.165, 1.54) is 17.2 Å². The Bertz CT molecular complexity index is 758. The van der Waals surface area contributed by atoms with Gasteiger partial charge in [0.15, 0.2) is 6.79 Å². The summed E-state index contributed by atoms with van der Waals surface area (Å²) in [6.07, 6.45) is 3.28. The molecule has 2 aromatic carbocycles. The smallest absolute Gasteiger partial charge is 0.189 e. The molecule has 4 heteroatoms. The molecule has 0 fully saturated rings. The van der Waals surface area contributed by atoms with Crippen LogP contribution in [-0.4, -0.2) is 24.8 Å². The standard InChI is InChI=1S/C20H20FNO2/c21-19-10-17(20-18(11-19)13-23-14-24-20)12-22-8-6-16(7-9-22)15-4-2-1-3-5-15/h1-6,10-11H,7-9,12-14H2. The van der Waals surface area contributed by atoms with E-state index in [0.717, 1.165) is 36.4 Å². The van der Waals surface area contributed by atoms with Crippen molar-refractivity contribution in [3.8, 4) is 5.75 Å². The van der Waals surface area contributed by atoms with Crippen molar-refractivity contribution >= 4 is 5.57 Å². The van der Waals surface area contributed by atoms with Crippen LogP contribution in [0.15, 0.2) is 48.5 Å². The van der Waals surface area contributed by atoms with Gasteiger partial charge in [-0.1, -0.05) is 36.4 Å². The van der Waals surface area contributed by atoms with E-state index >= 15 is 0 Å². The van der Waals surface area contributed by atoms with Gasteiger partial charge in [0.05, 0.1) is 6.61 Å². The fraction of sp³-hybridized carbons (Fsp3) is 0.300. The van der Waals surface area contributed by atoms with Crippen LogP contribution in [0.3, 0.4) is 0 Å². The highest BCUT2D eigenvalue weighted by molar-refractivity contribution is 5.66. The lowest BCUT2D eigenvalue weighted by atomic mass is 9.99. The predicted octanol–water partition coefficient (Wildman–Crippen LogP) is 3.98. The molecule has 3 nitrogen and oxygen atoms in total. The van der Waals surface area contributed by atoms with Crippen molar-refractivity contribution in [2.45, 2.75) is 19.6 Å². The zero-order valence-electron chi connectivity index (χ0n) is 13.5. The molecule has 0 unspecified atom stereocenters. The Hall–Kier alpha value is -2.17. The molecule has 0 radical (unpaired) electrons. The lowest BCUT2D eigenvalue weighted by Gasteiger charge is -2.28. The molecule has 0 N–H and O–H groups in total. The molecule has 0 saturated heterocycles. The van der Waals surface area contributed by atoms with E-state index in [-0.39, 0.29) is 12.6 Å². The number of rotatable bonds is 3. The maximum atomic E-state index is 13.9. The van der Waals surface area contributed by atoms with Gasteiger partial charge in [0.2, 0.25) is 0 Å². The van der Waals surface area contributed by atoms with E-state index in [2.05, 4.69) is 35.2 Å². The minimum Gasteiger partial charge on any atom is -0.467 e. The Morgan fingerprint density at radius 1 is 1.12 bits per heavy atom. The minimum absolute atomic E-state index is 0.227. The quantitative estimate of drug-likeness (QED) is 0.852. The highest BCUT2D eigenvalue weighted by atomic mass is 19.1.